The molecule has 0 aliphatic carbocycles. The van der Waals surface area contributed by atoms with Crippen molar-refractivity contribution in [2.45, 2.75) is 20.8 Å². The first-order valence-corrected chi connectivity index (χ1v) is 7.12. The fourth-order valence-corrected chi connectivity index (χ4v) is 2.29. The summed E-state index contributed by atoms with van der Waals surface area (Å²) >= 11 is 3.45. The Balaban J connectivity index is 2.50. The predicted octanol–water partition coefficient (Wildman–Crippen LogP) is 3.66. The van der Waals surface area contributed by atoms with Crippen molar-refractivity contribution in [1.82, 2.24) is 4.98 Å². The smallest absolute Gasteiger partial charge is 0.175 e. The molecule has 0 saturated carbocycles. The van der Waals surface area contributed by atoms with E-state index in [1.54, 1.807) is 13.0 Å². The molecule has 0 aliphatic heterocycles. The molecule has 1 heterocycles. The van der Waals surface area contributed by atoms with Crippen LogP contribution in [0.3, 0.4) is 0 Å². The van der Waals surface area contributed by atoms with Crippen LogP contribution in [0.15, 0.2) is 33.9 Å². The number of hydrogen-bond donors (Lipinski definition) is 2. The minimum absolute atomic E-state index is 0.0242. The van der Waals surface area contributed by atoms with Gasteiger partial charge in [-0.05, 0) is 44.5 Å². The number of nitrogens with two attached hydrogens (primary N) is 1. The Morgan fingerprint density at radius 3 is 2.62 bits per heavy atom. The van der Waals surface area contributed by atoms with Crippen LogP contribution in [-0.2, 0) is 0 Å². The fourth-order valence-electron chi connectivity index (χ4n) is 2.04. The molecular weight excluding hydrogens is 334 g/mol. The second kappa shape index (κ2) is 6.13. The number of aromatic nitrogens is 1. The standard InChI is InChI=1S/C15H16BrN3O2/c1-8-6-11(4-5-12(8)16)21-13-7-9(2)18-10(3)14(13)15(17)19-20/h4-7,20H,1-3H3,(H2,17,19). The van der Waals surface area contributed by atoms with Gasteiger partial charge in [-0.25, -0.2) is 0 Å². The zero-order valence-corrected chi connectivity index (χ0v) is 13.6. The molecule has 1 aromatic carbocycles. The molecule has 21 heavy (non-hydrogen) atoms. The number of pyridine rings is 1. The third-order valence-electron chi connectivity index (χ3n) is 3.01. The van der Waals surface area contributed by atoms with Crippen molar-refractivity contribution in [3.63, 3.8) is 0 Å². The molecule has 2 aromatic rings. The lowest BCUT2D eigenvalue weighted by molar-refractivity contribution is 0.318. The van der Waals surface area contributed by atoms with Crippen LogP contribution in [0.2, 0.25) is 0 Å². The van der Waals surface area contributed by atoms with Gasteiger partial charge in [0.2, 0.25) is 0 Å². The minimum atomic E-state index is -0.0242. The Bertz CT molecular complexity index is 714. The van der Waals surface area contributed by atoms with Gasteiger partial charge in [-0.1, -0.05) is 21.1 Å². The first kappa shape index (κ1) is 15.3. The van der Waals surface area contributed by atoms with Crippen molar-refractivity contribution in [3.05, 3.63) is 51.3 Å². The van der Waals surface area contributed by atoms with E-state index in [9.17, 15) is 0 Å². The van der Waals surface area contributed by atoms with Gasteiger partial charge in [0, 0.05) is 16.2 Å². The monoisotopic (exact) mass is 349 g/mol. The van der Waals surface area contributed by atoms with E-state index in [4.69, 9.17) is 15.7 Å². The molecule has 0 bridgehead atoms. The lowest BCUT2D eigenvalue weighted by Gasteiger charge is -2.14. The maximum absolute atomic E-state index is 8.93. The van der Waals surface area contributed by atoms with Gasteiger partial charge in [-0.15, -0.1) is 0 Å². The molecule has 1 aromatic heterocycles. The van der Waals surface area contributed by atoms with E-state index in [2.05, 4.69) is 26.1 Å². The molecule has 0 unspecified atom stereocenters. The highest BCUT2D eigenvalue weighted by atomic mass is 79.9. The highest BCUT2D eigenvalue weighted by Gasteiger charge is 2.15. The third-order valence-corrected chi connectivity index (χ3v) is 3.90. The van der Waals surface area contributed by atoms with Gasteiger partial charge in [-0.3, -0.25) is 4.98 Å². The van der Waals surface area contributed by atoms with Crippen LogP contribution in [0, 0.1) is 20.8 Å². The summed E-state index contributed by atoms with van der Waals surface area (Å²) in [5.41, 5.74) is 8.72. The quantitative estimate of drug-likeness (QED) is 0.383. The van der Waals surface area contributed by atoms with E-state index in [0.29, 0.717) is 22.8 Å². The topological polar surface area (TPSA) is 80.7 Å². The minimum Gasteiger partial charge on any atom is -0.456 e. The Morgan fingerprint density at radius 1 is 1.29 bits per heavy atom. The van der Waals surface area contributed by atoms with Crippen LogP contribution in [0.4, 0.5) is 0 Å². The van der Waals surface area contributed by atoms with E-state index >= 15 is 0 Å². The van der Waals surface area contributed by atoms with Gasteiger partial charge in [0.15, 0.2) is 5.84 Å². The molecule has 0 atom stereocenters. The molecule has 0 saturated heterocycles. The van der Waals surface area contributed by atoms with E-state index in [-0.39, 0.29) is 5.84 Å². The van der Waals surface area contributed by atoms with Crippen molar-refractivity contribution >= 4 is 21.8 Å². The Kier molecular flexibility index (Phi) is 4.47. The van der Waals surface area contributed by atoms with Crippen LogP contribution < -0.4 is 10.5 Å². The van der Waals surface area contributed by atoms with E-state index in [1.165, 1.54) is 0 Å². The average Bonchev–Trinajstić information content (AvgIpc) is 2.41. The SMILES string of the molecule is Cc1cc(Oc2ccc(Br)c(C)c2)c(/C(N)=N/O)c(C)n1. The van der Waals surface area contributed by atoms with Gasteiger partial charge in [0.05, 0.1) is 11.3 Å². The maximum Gasteiger partial charge on any atom is 0.175 e. The van der Waals surface area contributed by atoms with Crippen LogP contribution >= 0.6 is 15.9 Å². The summed E-state index contributed by atoms with van der Waals surface area (Å²) < 4.78 is 6.91. The number of amidine groups is 1. The zero-order chi connectivity index (χ0) is 15.6. The molecule has 0 aliphatic rings. The Hall–Kier alpha value is -2.08. The summed E-state index contributed by atoms with van der Waals surface area (Å²) in [4.78, 5) is 4.32. The number of rotatable bonds is 3. The van der Waals surface area contributed by atoms with Crippen molar-refractivity contribution in [2.75, 3.05) is 0 Å². The van der Waals surface area contributed by atoms with Crippen LogP contribution in [0.25, 0.3) is 0 Å². The second-order valence-corrected chi connectivity index (χ2v) is 5.57. The van der Waals surface area contributed by atoms with Crippen molar-refractivity contribution in [3.8, 4) is 11.5 Å². The van der Waals surface area contributed by atoms with Crippen LogP contribution in [0.1, 0.15) is 22.5 Å². The maximum atomic E-state index is 8.93. The van der Waals surface area contributed by atoms with E-state index < -0.39 is 0 Å². The average molecular weight is 350 g/mol. The van der Waals surface area contributed by atoms with Gasteiger partial charge >= 0.3 is 0 Å². The van der Waals surface area contributed by atoms with Gasteiger partial charge < -0.3 is 15.7 Å². The summed E-state index contributed by atoms with van der Waals surface area (Å²) in [6.07, 6.45) is 0. The summed E-state index contributed by atoms with van der Waals surface area (Å²) in [6, 6.07) is 7.43. The predicted molar refractivity (Wildman–Crippen MR) is 85.2 cm³/mol. The molecule has 5 nitrogen and oxygen atoms in total. The number of hydrogen-bond acceptors (Lipinski definition) is 4. The zero-order valence-electron chi connectivity index (χ0n) is 12.0. The molecule has 0 radical (unpaired) electrons. The van der Waals surface area contributed by atoms with Crippen molar-refractivity contribution in [1.29, 1.82) is 0 Å². The number of ether oxygens (including phenoxy) is 1. The van der Waals surface area contributed by atoms with Crippen molar-refractivity contribution in [2.24, 2.45) is 10.9 Å². The number of nitrogens with zero attached hydrogens (tertiary/aromatic N) is 2. The van der Waals surface area contributed by atoms with Gasteiger partial charge in [0.1, 0.15) is 11.5 Å². The van der Waals surface area contributed by atoms with Crippen molar-refractivity contribution < 1.29 is 9.94 Å². The molecule has 2 rings (SSSR count). The van der Waals surface area contributed by atoms with Gasteiger partial charge in [-0.2, -0.15) is 0 Å². The number of aryl methyl sites for hydroxylation is 3. The first-order valence-electron chi connectivity index (χ1n) is 6.32. The third kappa shape index (κ3) is 3.33. The van der Waals surface area contributed by atoms with Crippen LogP contribution in [-0.4, -0.2) is 16.0 Å². The molecule has 0 amide bonds. The summed E-state index contributed by atoms with van der Waals surface area (Å²) in [5, 5.41) is 12.0. The number of benzene rings is 1. The number of halogens is 1. The first-order chi connectivity index (χ1) is 9.92. The highest BCUT2D eigenvalue weighted by molar-refractivity contribution is 9.10. The summed E-state index contributed by atoms with van der Waals surface area (Å²) in [5.74, 6) is 1.16. The fraction of sp³-hybridized carbons (Fsp3) is 0.200. The molecule has 6 heteroatoms. The summed E-state index contributed by atoms with van der Waals surface area (Å²) in [6.45, 7) is 5.63. The van der Waals surface area contributed by atoms with Crippen LogP contribution in [0.5, 0.6) is 11.5 Å². The molecular formula is C15H16BrN3O2. The lowest BCUT2D eigenvalue weighted by atomic mass is 10.1. The normalized spacial score (nSPS) is 11.5. The lowest BCUT2D eigenvalue weighted by Crippen LogP contribution is -2.17. The highest BCUT2D eigenvalue weighted by Crippen LogP contribution is 2.30. The van der Waals surface area contributed by atoms with E-state index in [1.807, 2.05) is 32.0 Å². The van der Waals surface area contributed by atoms with Gasteiger partial charge in [0.25, 0.3) is 0 Å². The Morgan fingerprint density at radius 2 is 2.00 bits per heavy atom. The Labute approximate surface area is 131 Å². The molecule has 0 spiro atoms. The number of oxime groups is 1. The van der Waals surface area contributed by atoms with E-state index in [0.717, 1.165) is 15.7 Å². The molecule has 110 valence electrons. The second-order valence-electron chi connectivity index (χ2n) is 4.72. The molecule has 3 N–H and O–H groups in total. The molecule has 0 fully saturated rings. The largest absolute Gasteiger partial charge is 0.456 e. The summed E-state index contributed by atoms with van der Waals surface area (Å²) in [7, 11) is 0.